The molecule has 2 saturated heterocycles. The zero-order chi connectivity index (χ0) is 16.0. The van der Waals surface area contributed by atoms with Crippen molar-refractivity contribution in [3.05, 3.63) is 35.7 Å². The lowest BCUT2D eigenvalue weighted by Gasteiger charge is -2.26. The summed E-state index contributed by atoms with van der Waals surface area (Å²) in [6.45, 7) is 2.51. The second-order valence-corrected chi connectivity index (χ2v) is 5.98. The maximum atomic E-state index is 12.6. The molecule has 2 atom stereocenters. The van der Waals surface area contributed by atoms with E-state index >= 15 is 0 Å². The first kappa shape index (κ1) is 14.6. The van der Waals surface area contributed by atoms with Gasteiger partial charge in [0.05, 0.1) is 17.8 Å². The average Bonchev–Trinajstić information content (AvgIpc) is 3.23. The van der Waals surface area contributed by atoms with Crippen LogP contribution in [0.3, 0.4) is 0 Å². The number of piperazine rings is 1. The van der Waals surface area contributed by atoms with Crippen molar-refractivity contribution in [1.29, 1.82) is 0 Å². The number of alkyl halides is 3. The summed E-state index contributed by atoms with van der Waals surface area (Å²) < 4.78 is 39.4. The molecule has 0 unspecified atom stereocenters. The van der Waals surface area contributed by atoms with Crippen LogP contribution in [0.1, 0.15) is 17.8 Å². The number of likely N-dealkylation sites (tertiary alicyclic amines) is 1. The molecule has 9 heteroatoms. The molecular formula is C14H15F3N6. The second kappa shape index (κ2) is 5.27. The van der Waals surface area contributed by atoms with Crippen LogP contribution >= 0.6 is 0 Å². The third-order valence-corrected chi connectivity index (χ3v) is 4.49. The van der Waals surface area contributed by atoms with Crippen molar-refractivity contribution >= 4 is 0 Å². The molecule has 6 nitrogen and oxygen atoms in total. The highest BCUT2D eigenvalue weighted by Crippen LogP contribution is 2.30. The molecule has 1 aromatic heterocycles. The van der Waals surface area contributed by atoms with Gasteiger partial charge >= 0.3 is 6.18 Å². The van der Waals surface area contributed by atoms with Crippen LogP contribution in [0.5, 0.6) is 0 Å². The fourth-order valence-corrected chi connectivity index (χ4v) is 3.32. The topological polar surface area (TPSA) is 58.9 Å². The number of rotatable bonds is 3. The van der Waals surface area contributed by atoms with Gasteiger partial charge in [0, 0.05) is 25.2 Å². The van der Waals surface area contributed by atoms with Gasteiger partial charge in [-0.15, -0.1) is 5.10 Å². The summed E-state index contributed by atoms with van der Waals surface area (Å²) in [6.07, 6.45) is -3.22. The van der Waals surface area contributed by atoms with Crippen molar-refractivity contribution < 1.29 is 13.2 Å². The first-order valence-corrected chi connectivity index (χ1v) is 7.43. The molecule has 2 bridgehead atoms. The van der Waals surface area contributed by atoms with Crippen LogP contribution < -0.4 is 5.32 Å². The predicted octanol–water partition coefficient (Wildman–Crippen LogP) is 1.23. The first-order chi connectivity index (χ1) is 11.0. The summed E-state index contributed by atoms with van der Waals surface area (Å²) in [6, 6.07) is 5.87. The smallest absolute Gasteiger partial charge is 0.311 e. The Bertz CT molecular complexity index is 695. The molecule has 1 aromatic carbocycles. The van der Waals surface area contributed by atoms with Crippen molar-refractivity contribution in [2.45, 2.75) is 31.2 Å². The Hall–Kier alpha value is -2.00. The van der Waals surface area contributed by atoms with Crippen molar-refractivity contribution in [2.24, 2.45) is 0 Å². The van der Waals surface area contributed by atoms with Crippen LogP contribution in [0.2, 0.25) is 0 Å². The largest absolute Gasteiger partial charge is 0.416 e. The molecule has 0 saturated carbocycles. The molecule has 122 valence electrons. The third-order valence-electron chi connectivity index (χ3n) is 4.49. The summed E-state index contributed by atoms with van der Waals surface area (Å²) in [7, 11) is 0. The Balaban J connectivity index is 1.55. The Morgan fingerprint density at radius 2 is 2.00 bits per heavy atom. The molecule has 4 rings (SSSR count). The number of halogens is 3. The van der Waals surface area contributed by atoms with Crippen LogP contribution in [-0.4, -0.2) is 50.3 Å². The van der Waals surface area contributed by atoms with Gasteiger partial charge in [-0.3, -0.25) is 4.90 Å². The van der Waals surface area contributed by atoms with E-state index in [1.807, 2.05) is 0 Å². The molecule has 0 aliphatic carbocycles. The Morgan fingerprint density at radius 3 is 2.61 bits per heavy atom. The molecule has 2 aromatic rings. The number of benzene rings is 1. The molecular weight excluding hydrogens is 309 g/mol. The predicted molar refractivity (Wildman–Crippen MR) is 74.8 cm³/mol. The highest BCUT2D eigenvalue weighted by Gasteiger charge is 2.38. The fraction of sp³-hybridized carbons (Fsp3) is 0.500. The Kier molecular flexibility index (Phi) is 3.34. The van der Waals surface area contributed by atoms with Gasteiger partial charge in [0.15, 0.2) is 5.82 Å². The van der Waals surface area contributed by atoms with Gasteiger partial charge in [-0.1, -0.05) is 0 Å². The van der Waals surface area contributed by atoms with Crippen molar-refractivity contribution in [2.75, 3.05) is 13.1 Å². The highest BCUT2D eigenvalue weighted by molar-refractivity contribution is 5.35. The Labute approximate surface area is 130 Å². The minimum Gasteiger partial charge on any atom is -0.311 e. The maximum absolute atomic E-state index is 12.6. The molecule has 2 aliphatic rings. The van der Waals surface area contributed by atoms with Crippen LogP contribution in [0.4, 0.5) is 13.2 Å². The van der Waals surface area contributed by atoms with Gasteiger partial charge in [-0.05, 0) is 41.1 Å². The van der Waals surface area contributed by atoms with Crippen LogP contribution in [0.15, 0.2) is 24.3 Å². The molecule has 0 spiro atoms. The monoisotopic (exact) mass is 324 g/mol. The standard InChI is InChI=1S/C14H15F3N6/c15-14(16,17)9-1-3-11(4-2-9)23-13(19-20-21-23)8-22-7-10-5-12(22)6-18-10/h1-4,10,12,18H,5-8H2/t10-,12-/m0/s1. The first-order valence-electron chi connectivity index (χ1n) is 7.43. The van der Waals surface area contributed by atoms with E-state index in [0.717, 1.165) is 31.6 Å². The van der Waals surface area contributed by atoms with E-state index in [9.17, 15) is 13.2 Å². The quantitative estimate of drug-likeness (QED) is 0.920. The lowest BCUT2D eigenvalue weighted by atomic mass is 10.2. The summed E-state index contributed by atoms with van der Waals surface area (Å²) in [5.74, 6) is 0.636. The lowest BCUT2D eigenvalue weighted by molar-refractivity contribution is -0.137. The number of hydrogen-bond acceptors (Lipinski definition) is 5. The van der Waals surface area contributed by atoms with E-state index in [-0.39, 0.29) is 0 Å². The van der Waals surface area contributed by atoms with Gasteiger partial charge in [0.2, 0.25) is 0 Å². The van der Waals surface area contributed by atoms with Crippen molar-refractivity contribution in [3.8, 4) is 5.69 Å². The van der Waals surface area contributed by atoms with Gasteiger partial charge in [0.1, 0.15) is 0 Å². The number of fused-ring (bicyclic) bond motifs is 2. The van der Waals surface area contributed by atoms with Gasteiger partial charge in [-0.25, -0.2) is 0 Å². The SMILES string of the molecule is FC(F)(F)c1ccc(-n2nnnc2CN2C[C@@H]3C[C@H]2CN3)cc1. The molecule has 2 fully saturated rings. The van der Waals surface area contributed by atoms with E-state index in [4.69, 9.17) is 0 Å². The molecule has 2 aliphatic heterocycles. The number of nitrogens with zero attached hydrogens (tertiary/aromatic N) is 5. The normalized spacial score (nSPS) is 24.5. The molecule has 1 N–H and O–H groups in total. The molecule has 23 heavy (non-hydrogen) atoms. The zero-order valence-electron chi connectivity index (χ0n) is 12.2. The van der Waals surface area contributed by atoms with E-state index in [2.05, 4.69) is 25.7 Å². The van der Waals surface area contributed by atoms with E-state index in [0.29, 0.717) is 30.1 Å². The third kappa shape index (κ3) is 2.70. The fourth-order valence-electron chi connectivity index (χ4n) is 3.32. The average molecular weight is 324 g/mol. The molecule has 0 radical (unpaired) electrons. The summed E-state index contributed by atoms with van der Waals surface area (Å²) in [5.41, 5.74) is -0.153. The van der Waals surface area contributed by atoms with E-state index in [1.165, 1.54) is 16.8 Å². The number of tetrazole rings is 1. The minimum atomic E-state index is -4.34. The van der Waals surface area contributed by atoms with E-state index in [1.54, 1.807) is 0 Å². The lowest BCUT2D eigenvalue weighted by Crippen LogP contribution is -2.43. The van der Waals surface area contributed by atoms with Crippen molar-refractivity contribution in [3.63, 3.8) is 0 Å². The maximum Gasteiger partial charge on any atom is 0.416 e. The van der Waals surface area contributed by atoms with Gasteiger partial charge in [-0.2, -0.15) is 17.9 Å². The molecule has 3 heterocycles. The van der Waals surface area contributed by atoms with Crippen LogP contribution in [-0.2, 0) is 12.7 Å². The minimum absolute atomic E-state index is 0.484. The Morgan fingerprint density at radius 1 is 1.22 bits per heavy atom. The summed E-state index contributed by atoms with van der Waals surface area (Å²) in [4.78, 5) is 2.31. The van der Waals surface area contributed by atoms with Crippen LogP contribution in [0, 0.1) is 0 Å². The second-order valence-electron chi connectivity index (χ2n) is 5.98. The number of hydrogen-bond donors (Lipinski definition) is 1. The number of aromatic nitrogens is 4. The van der Waals surface area contributed by atoms with Gasteiger partial charge < -0.3 is 5.32 Å². The number of nitrogens with one attached hydrogen (secondary N) is 1. The summed E-state index contributed by atoms with van der Waals surface area (Å²) in [5, 5.41) is 15.0. The van der Waals surface area contributed by atoms with Crippen molar-refractivity contribution in [1.82, 2.24) is 30.4 Å². The molecule has 0 amide bonds. The summed E-state index contributed by atoms with van der Waals surface area (Å²) >= 11 is 0. The van der Waals surface area contributed by atoms with E-state index < -0.39 is 11.7 Å². The zero-order valence-corrected chi connectivity index (χ0v) is 12.2. The highest BCUT2D eigenvalue weighted by atomic mass is 19.4. The van der Waals surface area contributed by atoms with Gasteiger partial charge in [0.25, 0.3) is 0 Å². The van der Waals surface area contributed by atoms with Crippen LogP contribution in [0.25, 0.3) is 5.69 Å².